The molecule has 0 aromatic carbocycles. The van der Waals surface area contributed by atoms with Crippen molar-refractivity contribution in [2.24, 2.45) is 5.92 Å². The molecule has 1 heterocycles. The Bertz CT molecular complexity index is 348. The quantitative estimate of drug-likeness (QED) is 0.850. The lowest BCUT2D eigenvalue weighted by Crippen LogP contribution is -2.20. The first-order valence-electron chi connectivity index (χ1n) is 6.51. The van der Waals surface area contributed by atoms with E-state index in [9.17, 15) is 0 Å². The molecule has 1 aromatic heterocycles. The Morgan fingerprint density at radius 3 is 2.88 bits per heavy atom. The molecule has 0 amide bonds. The number of nitrogens with one attached hydrogen (secondary N) is 1. The molecule has 1 fully saturated rings. The maximum Gasteiger partial charge on any atom is 0.217 e. The van der Waals surface area contributed by atoms with Crippen molar-refractivity contribution < 1.29 is 4.74 Å². The second-order valence-corrected chi connectivity index (χ2v) is 4.83. The number of pyridine rings is 1. The molecule has 0 saturated heterocycles. The summed E-state index contributed by atoms with van der Waals surface area (Å²) < 4.78 is 5.34. The van der Waals surface area contributed by atoms with Crippen LogP contribution in [0.3, 0.4) is 0 Å². The van der Waals surface area contributed by atoms with Crippen LogP contribution in [0.4, 0.5) is 0 Å². The first-order chi connectivity index (χ1) is 8.35. The minimum absolute atomic E-state index is 0.363. The van der Waals surface area contributed by atoms with Gasteiger partial charge in [-0.2, -0.15) is 0 Å². The Balaban J connectivity index is 2.10. The van der Waals surface area contributed by atoms with E-state index in [2.05, 4.69) is 16.4 Å². The van der Waals surface area contributed by atoms with Crippen LogP contribution in [0.25, 0.3) is 0 Å². The Morgan fingerprint density at radius 2 is 2.24 bits per heavy atom. The van der Waals surface area contributed by atoms with Gasteiger partial charge in [0, 0.05) is 17.8 Å². The predicted octanol–water partition coefficient (Wildman–Crippen LogP) is 2.93. The zero-order valence-electron chi connectivity index (χ0n) is 10.8. The number of hydrogen-bond donors (Lipinski definition) is 1. The molecule has 1 aliphatic rings. The summed E-state index contributed by atoms with van der Waals surface area (Å²) in [4.78, 5) is 4.28. The Hall–Kier alpha value is -1.09. The van der Waals surface area contributed by atoms with Gasteiger partial charge in [0.15, 0.2) is 0 Å². The van der Waals surface area contributed by atoms with Crippen LogP contribution in [-0.2, 0) is 0 Å². The third kappa shape index (κ3) is 2.97. The van der Waals surface area contributed by atoms with Crippen molar-refractivity contribution in [1.29, 1.82) is 0 Å². The molecule has 1 atom stereocenters. The van der Waals surface area contributed by atoms with Crippen LogP contribution in [0.2, 0.25) is 0 Å². The highest BCUT2D eigenvalue weighted by Gasteiger charge is 2.22. The third-order valence-electron chi connectivity index (χ3n) is 3.76. The van der Waals surface area contributed by atoms with Crippen molar-refractivity contribution in [1.82, 2.24) is 10.3 Å². The van der Waals surface area contributed by atoms with E-state index in [1.165, 1.54) is 37.7 Å². The minimum atomic E-state index is 0.363. The van der Waals surface area contributed by atoms with Gasteiger partial charge in [-0.1, -0.05) is 31.7 Å². The van der Waals surface area contributed by atoms with Gasteiger partial charge in [0.25, 0.3) is 0 Å². The van der Waals surface area contributed by atoms with Gasteiger partial charge in [-0.25, -0.2) is 4.98 Å². The third-order valence-corrected chi connectivity index (χ3v) is 3.76. The average molecular weight is 234 g/mol. The Morgan fingerprint density at radius 1 is 1.47 bits per heavy atom. The van der Waals surface area contributed by atoms with E-state index in [4.69, 9.17) is 4.74 Å². The van der Waals surface area contributed by atoms with Crippen LogP contribution in [0.5, 0.6) is 5.88 Å². The van der Waals surface area contributed by atoms with Crippen LogP contribution in [0.15, 0.2) is 18.3 Å². The number of aromatic nitrogens is 1. The topological polar surface area (TPSA) is 34.2 Å². The van der Waals surface area contributed by atoms with Crippen LogP contribution in [0, 0.1) is 5.92 Å². The second-order valence-electron chi connectivity index (χ2n) is 4.83. The first-order valence-corrected chi connectivity index (χ1v) is 6.51. The lowest BCUT2D eigenvalue weighted by Gasteiger charge is -2.21. The van der Waals surface area contributed by atoms with E-state index < -0.39 is 0 Å². The van der Waals surface area contributed by atoms with Crippen LogP contribution in [-0.4, -0.2) is 19.1 Å². The van der Waals surface area contributed by atoms with Crippen LogP contribution >= 0.6 is 0 Å². The van der Waals surface area contributed by atoms with Crippen molar-refractivity contribution in [3.8, 4) is 5.88 Å². The van der Waals surface area contributed by atoms with Gasteiger partial charge in [0.05, 0.1) is 7.11 Å². The highest BCUT2D eigenvalue weighted by Crippen LogP contribution is 2.34. The van der Waals surface area contributed by atoms with E-state index in [1.807, 2.05) is 13.1 Å². The molecule has 0 bridgehead atoms. The molecular formula is C14H22N2O. The van der Waals surface area contributed by atoms with Crippen molar-refractivity contribution >= 4 is 0 Å². The van der Waals surface area contributed by atoms with E-state index in [0.717, 1.165) is 11.8 Å². The summed E-state index contributed by atoms with van der Waals surface area (Å²) in [5.41, 5.74) is 1.18. The molecule has 17 heavy (non-hydrogen) atoms. The highest BCUT2D eigenvalue weighted by molar-refractivity contribution is 5.28. The summed E-state index contributed by atoms with van der Waals surface area (Å²) in [5, 5.41) is 3.40. The standard InChI is InChI=1S/C14H22N2O/c1-15-13(10-11-6-3-4-7-11)12-8-5-9-16-14(12)17-2/h5,8-9,11,13,15H,3-4,6-7,10H2,1-2H3. The molecule has 94 valence electrons. The molecular weight excluding hydrogens is 212 g/mol. The fourth-order valence-electron chi connectivity index (χ4n) is 2.82. The molecule has 1 N–H and O–H groups in total. The number of hydrogen-bond acceptors (Lipinski definition) is 3. The Labute approximate surface area is 104 Å². The SMILES string of the molecule is CNC(CC1CCCC1)c1cccnc1OC. The minimum Gasteiger partial charge on any atom is -0.481 e. The molecule has 3 nitrogen and oxygen atoms in total. The van der Waals surface area contributed by atoms with Crippen molar-refractivity contribution in [2.75, 3.05) is 14.2 Å². The summed E-state index contributed by atoms with van der Waals surface area (Å²) >= 11 is 0. The number of rotatable bonds is 5. The van der Waals surface area contributed by atoms with E-state index >= 15 is 0 Å². The normalized spacial score (nSPS) is 18.2. The molecule has 1 aliphatic carbocycles. The van der Waals surface area contributed by atoms with Crippen LogP contribution < -0.4 is 10.1 Å². The zero-order valence-corrected chi connectivity index (χ0v) is 10.8. The molecule has 0 aliphatic heterocycles. The van der Waals surface area contributed by atoms with Gasteiger partial charge >= 0.3 is 0 Å². The van der Waals surface area contributed by atoms with Gasteiger partial charge in [0.1, 0.15) is 0 Å². The lowest BCUT2D eigenvalue weighted by molar-refractivity contribution is 0.366. The van der Waals surface area contributed by atoms with Gasteiger partial charge in [0.2, 0.25) is 5.88 Å². The number of methoxy groups -OCH3 is 1. The predicted molar refractivity (Wildman–Crippen MR) is 69.2 cm³/mol. The first kappa shape index (κ1) is 12.4. The summed E-state index contributed by atoms with van der Waals surface area (Å²) in [6.07, 6.45) is 8.52. The van der Waals surface area contributed by atoms with Gasteiger partial charge < -0.3 is 10.1 Å². The van der Waals surface area contributed by atoms with E-state index in [0.29, 0.717) is 6.04 Å². The molecule has 0 spiro atoms. The Kier molecular flexibility index (Phi) is 4.37. The van der Waals surface area contributed by atoms with Gasteiger partial charge in [-0.15, -0.1) is 0 Å². The lowest BCUT2D eigenvalue weighted by atomic mass is 9.94. The molecule has 2 rings (SSSR count). The summed E-state index contributed by atoms with van der Waals surface area (Å²) in [6.45, 7) is 0. The average Bonchev–Trinajstić information content (AvgIpc) is 2.89. The molecule has 1 unspecified atom stereocenters. The van der Waals surface area contributed by atoms with Crippen molar-refractivity contribution in [2.45, 2.75) is 38.1 Å². The molecule has 3 heteroatoms. The highest BCUT2D eigenvalue weighted by atomic mass is 16.5. The fourth-order valence-corrected chi connectivity index (χ4v) is 2.82. The molecule has 1 aromatic rings. The monoisotopic (exact) mass is 234 g/mol. The maximum atomic E-state index is 5.34. The van der Waals surface area contributed by atoms with E-state index in [1.54, 1.807) is 13.3 Å². The summed E-state index contributed by atoms with van der Waals surface area (Å²) in [6, 6.07) is 4.46. The van der Waals surface area contributed by atoms with E-state index in [-0.39, 0.29) is 0 Å². The number of nitrogens with zero attached hydrogens (tertiary/aromatic N) is 1. The number of ether oxygens (including phenoxy) is 1. The molecule has 1 saturated carbocycles. The zero-order chi connectivity index (χ0) is 12.1. The van der Waals surface area contributed by atoms with Gasteiger partial charge in [-0.05, 0) is 25.5 Å². The van der Waals surface area contributed by atoms with Crippen LogP contribution in [0.1, 0.15) is 43.7 Å². The maximum absolute atomic E-state index is 5.34. The second kappa shape index (κ2) is 6.01. The molecule has 0 radical (unpaired) electrons. The largest absolute Gasteiger partial charge is 0.481 e. The smallest absolute Gasteiger partial charge is 0.217 e. The van der Waals surface area contributed by atoms with Gasteiger partial charge in [-0.3, -0.25) is 0 Å². The van der Waals surface area contributed by atoms with Crippen molar-refractivity contribution in [3.05, 3.63) is 23.9 Å². The fraction of sp³-hybridized carbons (Fsp3) is 0.643. The summed E-state index contributed by atoms with van der Waals surface area (Å²) in [5.74, 6) is 1.61. The summed E-state index contributed by atoms with van der Waals surface area (Å²) in [7, 11) is 3.71. The van der Waals surface area contributed by atoms with Crippen molar-refractivity contribution in [3.63, 3.8) is 0 Å².